The molecule has 2 heteroatoms. The fourth-order valence-electron chi connectivity index (χ4n) is 2.88. The van der Waals surface area contributed by atoms with E-state index in [4.69, 9.17) is 0 Å². The molecule has 0 atom stereocenters. The van der Waals surface area contributed by atoms with E-state index in [2.05, 4.69) is 12.2 Å². The fraction of sp³-hybridized carbons (Fsp3) is 0.222. The molecule has 0 aromatic heterocycles. The van der Waals surface area contributed by atoms with Crippen LogP contribution in [-0.2, 0) is 9.59 Å². The lowest BCUT2D eigenvalue weighted by atomic mass is 9.87. The first-order valence-corrected chi connectivity index (χ1v) is 6.61. The van der Waals surface area contributed by atoms with Gasteiger partial charge in [-0.15, -0.1) is 0 Å². The van der Waals surface area contributed by atoms with Gasteiger partial charge in [0.05, 0.1) is 0 Å². The largest absolute Gasteiger partial charge is 0.298 e. The first kappa shape index (κ1) is 14.2. The zero-order valence-corrected chi connectivity index (χ0v) is 12.3. The van der Waals surface area contributed by atoms with Gasteiger partial charge in [-0.1, -0.05) is 29.9 Å². The van der Waals surface area contributed by atoms with E-state index in [0.717, 1.165) is 46.0 Å². The molecule has 0 spiro atoms. The minimum absolute atomic E-state index is 0.435. The number of fused-ring (bicyclic) bond motifs is 1. The molecule has 0 aliphatic heterocycles. The molecular weight excluding hydrogens is 248 g/mol. The number of carbonyl (C=O) groups is 2. The molecule has 0 amide bonds. The van der Waals surface area contributed by atoms with Gasteiger partial charge in [0.25, 0.3) is 0 Å². The number of rotatable bonds is 2. The molecule has 102 valence electrons. The summed E-state index contributed by atoms with van der Waals surface area (Å²) in [6.45, 7) is 8.06. The van der Waals surface area contributed by atoms with Crippen molar-refractivity contribution in [2.24, 2.45) is 0 Å². The topological polar surface area (TPSA) is 34.1 Å². The molecule has 0 aromatic rings. The van der Waals surface area contributed by atoms with Crippen molar-refractivity contribution in [3.63, 3.8) is 0 Å². The van der Waals surface area contributed by atoms with E-state index in [9.17, 15) is 9.59 Å². The Labute approximate surface area is 119 Å². The average Bonchev–Trinajstić information content (AvgIpc) is 2.60. The monoisotopic (exact) mass is 266 g/mol. The number of aldehydes is 2. The molecule has 2 aliphatic rings. The van der Waals surface area contributed by atoms with Crippen molar-refractivity contribution < 1.29 is 9.59 Å². The van der Waals surface area contributed by atoms with Gasteiger partial charge in [-0.25, -0.2) is 0 Å². The highest BCUT2D eigenvalue weighted by atomic mass is 16.1. The summed E-state index contributed by atoms with van der Waals surface area (Å²) >= 11 is 0. The second-order valence-electron chi connectivity index (χ2n) is 5.27. The molecule has 2 aliphatic carbocycles. The first-order chi connectivity index (χ1) is 9.49. The summed E-state index contributed by atoms with van der Waals surface area (Å²) in [6.07, 6.45) is 9.32. The molecule has 20 heavy (non-hydrogen) atoms. The van der Waals surface area contributed by atoms with Crippen LogP contribution in [0.15, 0.2) is 68.9 Å². The van der Waals surface area contributed by atoms with Crippen LogP contribution in [0.25, 0.3) is 0 Å². The van der Waals surface area contributed by atoms with Gasteiger partial charge in [-0.3, -0.25) is 9.59 Å². The molecule has 0 heterocycles. The van der Waals surface area contributed by atoms with Crippen LogP contribution < -0.4 is 0 Å². The Morgan fingerprint density at radius 2 is 1.50 bits per heavy atom. The molecule has 0 radical (unpaired) electrons. The van der Waals surface area contributed by atoms with E-state index in [1.165, 1.54) is 0 Å². The second kappa shape index (κ2) is 5.41. The molecule has 0 unspecified atom stereocenters. The van der Waals surface area contributed by atoms with E-state index in [1.54, 1.807) is 6.08 Å². The zero-order valence-electron chi connectivity index (χ0n) is 12.3. The molecule has 0 fully saturated rings. The molecule has 0 N–H and O–H groups in total. The van der Waals surface area contributed by atoms with Gasteiger partial charge in [0.1, 0.15) is 0 Å². The first-order valence-electron chi connectivity index (χ1n) is 6.61. The van der Waals surface area contributed by atoms with Gasteiger partial charge in [0.2, 0.25) is 0 Å². The molecule has 0 saturated carbocycles. The van der Waals surface area contributed by atoms with Gasteiger partial charge in [-0.2, -0.15) is 0 Å². The molecule has 0 bridgehead atoms. The number of hydrogen-bond donors (Lipinski definition) is 0. The van der Waals surface area contributed by atoms with Crippen molar-refractivity contribution >= 4 is 12.6 Å². The summed E-state index contributed by atoms with van der Waals surface area (Å²) in [6, 6.07) is 0. The Balaban J connectivity index is 2.92. The summed E-state index contributed by atoms with van der Waals surface area (Å²) in [5, 5.41) is 0. The third kappa shape index (κ3) is 2.29. The minimum Gasteiger partial charge on any atom is -0.298 e. The lowest BCUT2D eigenvalue weighted by Crippen LogP contribution is -2.03. The third-order valence-corrected chi connectivity index (χ3v) is 3.66. The Bertz CT molecular complexity index is 671. The van der Waals surface area contributed by atoms with Crippen molar-refractivity contribution in [3.05, 3.63) is 68.9 Å². The number of hydrogen-bond acceptors (Lipinski definition) is 2. The van der Waals surface area contributed by atoms with Gasteiger partial charge < -0.3 is 0 Å². The summed E-state index contributed by atoms with van der Waals surface area (Å²) < 4.78 is 0. The maximum Gasteiger partial charge on any atom is 0.151 e. The third-order valence-electron chi connectivity index (χ3n) is 3.66. The quantitative estimate of drug-likeness (QED) is 0.713. The Morgan fingerprint density at radius 1 is 0.800 bits per heavy atom. The maximum atomic E-state index is 11.5. The normalized spacial score (nSPS) is 19.2. The Hall–Kier alpha value is -2.22. The molecular formula is C18H18O2. The molecule has 0 aromatic carbocycles. The van der Waals surface area contributed by atoms with Crippen molar-refractivity contribution in [1.29, 1.82) is 0 Å². The highest BCUT2D eigenvalue weighted by molar-refractivity contribution is 5.98. The van der Waals surface area contributed by atoms with Crippen LogP contribution in [0.4, 0.5) is 0 Å². The van der Waals surface area contributed by atoms with E-state index in [-0.39, 0.29) is 0 Å². The fourth-order valence-corrected chi connectivity index (χ4v) is 2.88. The highest BCUT2D eigenvalue weighted by Crippen LogP contribution is 2.37. The van der Waals surface area contributed by atoms with E-state index in [0.29, 0.717) is 11.1 Å². The average molecular weight is 266 g/mol. The van der Waals surface area contributed by atoms with E-state index < -0.39 is 0 Å². The summed E-state index contributed by atoms with van der Waals surface area (Å²) in [4.78, 5) is 22.8. The summed E-state index contributed by atoms with van der Waals surface area (Å²) in [7, 11) is 0. The van der Waals surface area contributed by atoms with Crippen LogP contribution in [0.2, 0.25) is 0 Å². The lowest BCUT2D eigenvalue weighted by Gasteiger charge is -2.16. The molecule has 2 nitrogen and oxygen atoms in total. The lowest BCUT2D eigenvalue weighted by molar-refractivity contribution is -0.107. The Morgan fingerprint density at radius 3 is 2.10 bits per heavy atom. The standard InChI is InChI=1S/C18H18O2/c1-11-7-13(3)17-12(2)5-6-15(9-19)16(10-20)18(17)14(4)8-11/h5-10H,1-4H3. The SMILES string of the molecule is CC1=CC(C)=C2C(C)=CC=C(C=O)C(C=O)=C2C(C)=C1. The van der Waals surface area contributed by atoms with Crippen molar-refractivity contribution in [2.45, 2.75) is 27.7 Å². The Kier molecular flexibility index (Phi) is 3.84. The predicted molar refractivity (Wildman–Crippen MR) is 81.2 cm³/mol. The second-order valence-corrected chi connectivity index (χ2v) is 5.27. The maximum absolute atomic E-state index is 11.5. The zero-order chi connectivity index (χ0) is 14.9. The smallest absolute Gasteiger partial charge is 0.151 e. The highest BCUT2D eigenvalue weighted by Gasteiger charge is 2.22. The predicted octanol–water partition coefficient (Wildman–Crippen LogP) is 3.79. The van der Waals surface area contributed by atoms with Crippen LogP contribution in [0.1, 0.15) is 27.7 Å². The van der Waals surface area contributed by atoms with Crippen LogP contribution in [0.5, 0.6) is 0 Å². The van der Waals surface area contributed by atoms with E-state index >= 15 is 0 Å². The number of allylic oxidation sites excluding steroid dienone is 12. The van der Waals surface area contributed by atoms with Gasteiger partial charge in [-0.05, 0) is 55.6 Å². The summed E-state index contributed by atoms with van der Waals surface area (Å²) in [5.74, 6) is 0. The van der Waals surface area contributed by atoms with Gasteiger partial charge in [0, 0.05) is 11.1 Å². The summed E-state index contributed by atoms with van der Waals surface area (Å²) in [5.41, 5.74) is 7.15. The van der Waals surface area contributed by atoms with Crippen molar-refractivity contribution in [1.82, 2.24) is 0 Å². The van der Waals surface area contributed by atoms with Crippen LogP contribution in [0, 0.1) is 0 Å². The minimum atomic E-state index is 0.435. The van der Waals surface area contributed by atoms with Crippen LogP contribution in [0.3, 0.4) is 0 Å². The van der Waals surface area contributed by atoms with E-state index in [1.807, 2.05) is 33.8 Å². The van der Waals surface area contributed by atoms with Crippen molar-refractivity contribution in [3.8, 4) is 0 Å². The number of carbonyl (C=O) groups excluding carboxylic acids is 2. The van der Waals surface area contributed by atoms with Crippen LogP contribution >= 0.6 is 0 Å². The molecule has 2 rings (SSSR count). The van der Waals surface area contributed by atoms with Crippen molar-refractivity contribution in [2.75, 3.05) is 0 Å². The van der Waals surface area contributed by atoms with Gasteiger partial charge in [0.15, 0.2) is 12.6 Å². The van der Waals surface area contributed by atoms with Crippen LogP contribution in [-0.4, -0.2) is 12.6 Å². The molecule has 0 saturated heterocycles. The van der Waals surface area contributed by atoms with Gasteiger partial charge >= 0.3 is 0 Å².